The summed E-state index contributed by atoms with van der Waals surface area (Å²) in [6.07, 6.45) is -2.42. The number of nitriles is 1. The van der Waals surface area contributed by atoms with Crippen LogP contribution in [-0.4, -0.2) is 18.7 Å². The Morgan fingerprint density at radius 3 is 2.81 bits per heavy atom. The zero-order valence-corrected chi connectivity index (χ0v) is 9.65. The second-order valence-electron chi connectivity index (χ2n) is 3.00. The summed E-state index contributed by atoms with van der Waals surface area (Å²) in [5, 5.41) is 11.6. The Bertz CT molecular complexity index is 388. The molecule has 0 unspecified atom stereocenters. The highest BCUT2D eigenvalue weighted by Crippen LogP contribution is 2.27. The summed E-state index contributed by atoms with van der Waals surface area (Å²) >= 11 is 1.52. The molecule has 0 radical (unpaired) electrons. The molecule has 0 aliphatic carbocycles. The molecule has 0 fully saturated rings. The van der Waals surface area contributed by atoms with Gasteiger partial charge in [-0.3, -0.25) is 0 Å². The summed E-state index contributed by atoms with van der Waals surface area (Å²) in [6.45, 7) is 1.54. The van der Waals surface area contributed by atoms with E-state index in [1.54, 1.807) is 12.1 Å². The Morgan fingerprint density at radius 2 is 2.25 bits per heavy atom. The molecule has 0 amide bonds. The molecule has 0 spiro atoms. The number of nitrogens with zero attached hydrogens (tertiary/aromatic N) is 1. The van der Waals surface area contributed by atoms with Crippen LogP contribution in [-0.2, 0) is 0 Å². The Labute approximate surface area is 97.7 Å². The van der Waals surface area contributed by atoms with Gasteiger partial charge in [0.1, 0.15) is 6.07 Å². The first kappa shape index (κ1) is 12.8. The molecule has 0 bridgehead atoms. The summed E-state index contributed by atoms with van der Waals surface area (Å²) in [5.41, 5.74) is 0.913. The van der Waals surface area contributed by atoms with Gasteiger partial charge in [0.2, 0.25) is 0 Å². The van der Waals surface area contributed by atoms with Crippen LogP contribution in [0.3, 0.4) is 0 Å². The first-order chi connectivity index (χ1) is 7.69. The molecule has 0 saturated carbocycles. The average molecular weight is 242 g/mol. The van der Waals surface area contributed by atoms with E-state index in [-0.39, 0.29) is 0 Å². The highest BCUT2D eigenvalue weighted by molar-refractivity contribution is 7.99. The molecular weight excluding hydrogens is 230 g/mol. The number of hydrogen-bond donors (Lipinski definition) is 1. The summed E-state index contributed by atoms with van der Waals surface area (Å²) in [7, 11) is 0. The van der Waals surface area contributed by atoms with Crippen molar-refractivity contribution in [3.8, 4) is 6.07 Å². The number of anilines is 1. The monoisotopic (exact) mass is 242 g/mol. The normalized spacial score (nSPS) is 10.2. The Morgan fingerprint density at radius 1 is 1.50 bits per heavy atom. The quantitative estimate of drug-likeness (QED) is 0.804. The molecule has 1 rings (SSSR count). The molecule has 0 heterocycles. The molecule has 86 valence electrons. The van der Waals surface area contributed by atoms with Crippen molar-refractivity contribution in [2.24, 2.45) is 0 Å². The van der Waals surface area contributed by atoms with Crippen molar-refractivity contribution in [2.45, 2.75) is 18.2 Å². The van der Waals surface area contributed by atoms with Gasteiger partial charge in [-0.15, -0.1) is 11.8 Å². The van der Waals surface area contributed by atoms with Gasteiger partial charge in [-0.2, -0.15) is 5.26 Å². The maximum atomic E-state index is 12.1. The lowest BCUT2D eigenvalue weighted by molar-refractivity contribution is 0.163. The van der Waals surface area contributed by atoms with Crippen molar-refractivity contribution in [3.05, 3.63) is 23.8 Å². The van der Waals surface area contributed by atoms with Crippen molar-refractivity contribution >= 4 is 17.4 Å². The van der Waals surface area contributed by atoms with Crippen molar-refractivity contribution in [1.29, 1.82) is 5.26 Å². The minimum atomic E-state index is -2.42. The van der Waals surface area contributed by atoms with Gasteiger partial charge in [-0.1, -0.05) is 13.0 Å². The second kappa shape index (κ2) is 6.33. The van der Waals surface area contributed by atoms with Gasteiger partial charge in [0.05, 0.1) is 17.8 Å². The van der Waals surface area contributed by atoms with Crippen molar-refractivity contribution in [2.75, 3.05) is 17.6 Å². The minimum absolute atomic E-state index is 0.436. The van der Waals surface area contributed by atoms with E-state index in [1.807, 2.05) is 19.1 Å². The van der Waals surface area contributed by atoms with Gasteiger partial charge in [0, 0.05) is 4.90 Å². The van der Waals surface area contributed by atoms with Crippen LogP contribution in [0.4, 0.5) is 14.5 Å². The fourth-order valence-electron chi connectivity index (χ4n) is 1.26. The highest BCUT2D eigenvalue weighted by atomic mass is 32.2. The summed E-state index contributed by atoms with van der Waals surface area (Å²) in [5.74, 6) is 0.840. The molecule has 1 N–H and O–H groups in total. The van der Waals surface area contributed by atoms with Gasteiger partial charge >= 0.3 is 0 Å². The molecule has 0 aliphatic heterocycles. The number of halogens is 2. The predicted octanol–water partition coefficient (Wildman–Crippen LogP) is 3.35. The molecule has 1 aromatic rings. The number of hydrogen-bond acceptors (Lipinski definition) is 3. The third kappa shape index (κ3) is 3.38. The number of benzene rings is 1. The average Bonchev–Trinajstić information content (AvgIpc) is 2.27. The molecule has 1 aromatic carbocycles. The summed E-state index contributed by atoms with van der Waals surface area (Å²) < 4.78 is 24.1. The molecule has 0 saturated heterocycles. The number of alkyl halides is 2. The maximum absolute atomic E-state index is 12.1. The van der Waals surface area contributed by atoms with Crippen LogP contribution in [0.15, 0.2) is 23.1 Å². The van der Waals surface area contributed by atoms with E-state index in [1.165, 1.54) is 11.8 Å². The lowest BCUT2D eigenvalue weighted by atomic mass is 10.2. The van der Waals surface area contributed by atoms with Gasteiger partial charge in [0.15, 0.2) is 0 Å². The molecule has 5 heteroatoms. The van der Waals surface area contributed by atoms with Crippen LogP contribution >= 0.6 is 11.8 Å². The molecule has 0 aromatic heterocycles. The SMILES string of the molecule is CCSc1cccc(NCC(F)F)c1C#N. The van der Waals surface area contributed by atoms with Crippen molar-refractivity contribution < 1.29 is 8.78 Å². The lowest BCUT2D eigenvalue weighted by Gasteiger charge is -2.10. The van der Waals surface area contributed by atoms with Gasteiger partial charge in [0.25, 0.3) is 6.43 Å². The molecule has 2 nitrogen and oxygen atoms in total. The zero-order valence-electron chi connectivity index (χ0n) is 8.84. The van der Waals surface area contributed by atoms with Crippen LogP contribution in [0.5, 0.6) is 0 Å². The zero-order chi connectivity index (χ0) is 12.0. The van der Waals surface area contributed by atoms with Crippen LogP contribution in [0, 0.1) is 11.3 Å². The number of rotatable bonds is 5. The molecule has 16 heavy (non-hydrogen) atoms. The first-order valence-corrected chi connectivity index (χ1v) is 5.85. The third-order valence-corrected chi connectivity index (χ3v) is 2.82. The van der Waals surface area contributed by atoms with E-state index in [0.717, 1.165) is 10.6 Å². The molecular formula is C11H12F2N2S. The van der Waals surface area contributed by atoms with Crippen molar-refractivity contribution in [3.63, 3.8) is 0 Å². The third-order valence-electron chi connectivity index (χ3n) is 1.88. The van der Waals surface area contributed by atoms with E-state index in [9.17, 15) is 8.78 Å². The van der Waals surface area contributed by atoms with E-state index >= 15 is 0 Å². The summed E-state index contributed by atoms with van der Waals surface area (Å²) in [4.78, 5) is 0.823. The Balaban J connectivity index is 2.91. The largest absolute Gasteiger partial charge is 0.378 e. The number of thioether (sulfide) groups is 1. The van der Waals surface area contributed by atoms with Crippen molar-refractivity contribution in [1.82, 2.24) is 0 Å². The minimum Gasteiger partial charge on any atom is -0.378 e. The molecule has 0 atom stereocenters. The molecule has 0 aliphatic rings. The van der Waals surface area contributed by atoms with Gasteiger partial charge in [-0.25, -0.2) is 8.78 Å². The Hall–Kier alpha value is -1.28. The van der Waals surface area contributed by atoms with E-state index < -0.39 is 13.0 Å². The van der Waals surface area contributed by atoms with Gasteiger partial charge in [-0.05, 0) is 17.9 Å². The second-order valence-corrected chi connectivity index (χ2v) is 4.30. The van der Waals surface area contributed by atoms with Crippen LogP contribution in [0.2, 0.25) is 0 Å². The summed E-state index contributed by atoms with van der Waals surface area (Å²) in [6, 6.07) is 7.26. The fourth-order valence-corrected chi connectivity index (χ4v) is 2.04. The van der Waals surface area contributed by atoms with E-state index in [2.05, 4.69) is 5.32 Å². The standard InChI is InChI=1S/C11H12F2N2S/c1-2-16-10-5-3-4-9(8(10)6-14)15-7-11(12)13/h3-5,11,15H,2,7H2,1H3. The highest BCUT2D eigenvalue weighted by Gasteiger charge is 2.09. The van der Waals surface area contributed by atoms with E-state index in [4.69, 9.17) is 5.26 Å². The Kier molecular flexibility index (Phi) is 5.06. The predicted molar refractivity (Wildman–Crippen MR) is 62.0 cm³/mol. The van der Waals surface area contributed by atoms with E-state index in [0.29, 0.717) is 11.3 Å². The topological polar surface area (TPSA) is 35.8 Å². The van der Waals surface area contributed by atoms with Crippen LogP contribution in [0.25, 0.3) is 0 Å². The van der Waals surface area contributed by atoms with Crippen LogP contribution in [0.1, 0.15) is 12.5 Å². The maximum Gasteiger partial charge on any atom is 0.255 e. The van der Waals surface area contributed by atoms with Crippen LogP contribution < -0.4 is 5.32 Å². The lowest BCUT2D eigenvalue weighted by Crippen LogP contribution is -2.11. The van der Waals surface area contributed by atoms with Gasteiger partial charge < -0.3 is 5.32 Å². The fraction of sp³-hybridized carbons (Fsp3) is 0.364. The number of nitrogens with one attached hydrogen (secondary N) is 1. The first-order valence-electron chi connectivity index (χ1n) is 4.87. The smallest absolute Gasteiger partial charge is 0.255 e.